The zero-order chi connectivity index (χ0) is 28.5. The highest BCUT2D eigenvalue weighted by molar-refractivity contribution is 7.94. The number of anilines is 2. The Bertz CT molecular complexity index is 1550. The summed E-state index contributed by atoms with van der Waals surface area (Å²) in [5, 5.41) is 11.5. The van der Waals surface area contributed by atoms with Crippen molar-refractivity contribution in [1.29, 1.82) is 0 Å². The molecule has 0 saturated carbocycles. The highest BCUT2D eigenvalue weighted by Crippen LogP contribution is 2.29. The summed E-state index contributed by atoms with van der Waals surface area (Å²) < 4.78 is 52.7. The molecule has 1 aliphatic rings. The molecule has 0 spiro atoms. The molecule has 1 saturated heterocycles. The van der Waals surface area contributed by atoms with E-state index in [0.29, 0.717) is 5.69 Å². The number of para-hydroxylation sites is 1. The van der Waals surface area contributed by atoms with Crippen LogP contribution in [0, 0.1) is 0 Å². The average Bonchev–Trinajstić information content (AvgIpc) is 3.27. The molecule has 0 unspecified atom stereocenters. The van der Waals surface area contributed by atoms with Crippen LogP contribution < -0.4 is 11.1 Å². The lowest BCUT2D eigenvalue weighted by atomic mass is 10.3. The highest BCUT2D eigenvalue weighted by Gasteiger charge is 2.40. The van der Waals surface area contributed by atoms with Crippen LogP contribution in [0.4, 0.5) is 24.7 Å². The smallest absolute Gasteiger partial charge is 0.364 e. The maximum absolute atomic E-state index is 12.8. The normalized spacial score (nSPS) is 15.1. The Hall–Kier alpha value is -3.76. The fourth-order valence-corrected chi connectivity index (χ4v) is 5.80. The average molecular weight is 605 g/mol. The fourth-order valence-electron chi connectivity index (χ4n) is 3.45. The van der Waals surface area contributed by atoms with Crippen molar-refractivity contribution in [3.8, 4) is 5.69 Å². The molecule has 206 valence electrons. The van der Waals surface area contributed by atoms with Crippen molar-refractivity contribution >= 4 is 62.2 Å². The molecular weight excluding hydrogens is 588 g/mol. The number of halogens is 5. The van der Waals surface area contributed by atoms with Crippen LogP contribution in [0.5, 0.6) is 0 Å². The van der Waals surface area contributed by atoms with E-state index in [1.54, 1.807) is 18.2 Å². The highest BCUT2D eigenvalue weighted by atomic mass is 35.5. The topological polar surface area (TPSA) is 166 Å². The van der Waals surface area contributed by atoms with E-state index in [9.17, 15) is 31.8 Å². The number of alkyl halides is 3. The Labute approximate surface area is 228 Å². The van der Waals surface area contributed by atoms with Gasteiger partial charge in [-0.15, -0.1) is 15.0 Å². The lowest BCUT2D eigenvalue weighted by Crippen LogP contribution is -2.44. The maximum atomic E-state index is 12.8. The Morgan fingerprint density at radius 2 is 1.69 bits per heavy atom. The molecule has 4 rings (SSSR count). The number of amides is 3. The maximum Gasteiger partial charge on any atom is 0.474 e. The molecule has 12 nitrogen and oxygen atoms in total. The molecule has 0 aliphatic carbocycles. The number of hydrogen-bond donors (Lipinski definition) is 2. The van der Waals surface area contributed by atoms with E-state index in [-0.39, 0.29) is 57.5 Å². The second kappa shape index (κ2) is 10.8. The van der Waals surface area contributed by atoms with E-state index < -0.39 is 33.6 Å². The van der Waals surface area contributed by atoms with Gasteiger partial charge < -0.3 is 16.0 Å². The van der Waals surface area contributed by atoms with Crippen LogP contribution in [-0.4, -0.2) is 77.6 Å². The van der Waals surface area contributed by atoms with E-state index in [4.69, 9.17) is 28.9 Å². The molecule has 1 fully saturated rings. The SMILES string of the molecule is NC(=O)c1nn(-c2c(Cl)cccc2Cl)nc1Nc1ccc(C(=O)N2CCS(=O)(=NC(=O)C(F)(F)F)CC2)nc1. The third-order valence-electron chi connectivity index (χ3n) is 5.37. The van der Waals surface area contributed by atoms with Gasteiger partial charge in [0.05, 0.1) is 31.7 Å². The fraction of sp³-hybridized carbons (Fsp3) is 0.238. The minimum Gasteiger partial charge on any atom is -0.364 e. The van der Waals surface area contributed by atoms with Gasteiger partial charge >= 0.3 is 12.1 Å². The van der Waals surface area contributed by atoms with Crippen LogP contribution in [0.15, 0.2) is 40.9 Å². The number of nitrogens with one attached hydrogen (secondary N) is 1. The molecule has 18 heteroatoms. The number of rotatable bonds is 5. The molecule has 3 aromatic rings. The second-order valence-corrected chi connectivity index (χ2v) is 11.4. The Morgan fingerprint density at radius 1 is 1.05 bits per heavy atom. The van der Waals surface area contributed by atoms with Crippen molar-refractivity contribution in [2.24, 2.45) is 10.1 Å². The molecule has 3 amide bonds. The summed E-state index contributed by atoms with van der Waals surface area (Å²) in [4.78, 5) is 42.2. The van der Waals surface area contributed by atoms with Gasteiger partial charge in [-0.25, -0.2) is 9.19 Å². The number of hydrogen-bond acceptors (Lipinski definition) is 8. The number of nitrogens with two attached hydrogens (primary N) is 1. The van der Waals surface area contributed by atoms with Crippen LogP contribution >= 0.6 is 23.2 Å². The summed E-state index contributed by atoms with van der Waals surface area (Å²) in [6, 6.07) is 7.54. The molecule has 0 bridgehead atoms. The Morgan fingerprint density at radius 3 is 2.23 bits per heavy atom. The molecule has 3 N–H and O–H groups in total. The van der Waals surface area contributed by atoms with E-state index in [0.717, 1.165) is 4.80 Å². The number of aromatic nitrogens is 4. The van der Waals surface area contributed by atoms with Crippen molar-refractivity contribution in [3.05, 3.63) is 58.0 Å². The minimum absolute atomic E-state index is 0.0149. The van der Waals surface area contributed by atoms with Gasteiger partial charge in [-0.1, -0.05) is 29.3 Å². The van der Waals surface area contributed by atoms with Crippen LogP contribution in [0.25, 0.3) is 5.69 Å². The number of pyridine rings is 1. The quantitative estimate of drug-likeness (QED) is 0.448. The molecule has 3 heterocycles. The van der Waals surface area contributed by atoms with Gasteiger partial charge in [-0.2, -0.15) is 17.5 Å². The van der Waals surface area contributed by atoms with Gasteiger partial charge in [-0.3, -0.25) is 14.4 Å². The molecule has 1 aliphatic heterocycles. The summed E-state index contributed by atoms with van der Waals surface area (Å²) in [6.07, 6.45) is -3.95. The van der Waals surface area contributed by atoms with E-state index >= 15 is 0 Å². The predicted molar refractivity (Wildman–Crippen MR) is 135 cm³/mol. The lowest BCUT2D eigenvalue weighted by molar-refractivity contribution is -0.169. The zero-order valence-electron chi connectivity index (χ0n) is 19.5. The molecule has 2 aromatic heterocycles. The molecular formula is C21H17Cl2F3N8O4S. The van der Waals surface area contributed by atoms with Crippen LogP contribution in [0.1, 0.15) is 21.0 Å². The third kappa shape index (κ3) is 6.29. The first-order valence-corrected chi connectivity index (χ1v) is 13.5. The number of nitrogens with zero attached hydrogens (tertiary/aromatic N) is 6. The Kier molecular flexibility index (Phi) is 7.81. The monoisotopic (exact) mass is 604 g/mol. The summed E-state index contributed by atoms with van der Waals surface area (Å²) in [5.74, 6) is -4.68. The van der Waals surface area contributed by atoms with Crippen LogP contribution in [-0.2, 0) is 14.5 Å². The van der Waals surface area contributed by atoms with Crippen molar-refractivity contribution in [2.45, 2.75) is 6.18 Å². The van der Waals surface area contributed by atoms with Crippen LogP contribution in [0.2, 0.25) is 10.0 Å². The van der Waals surface area contributed by atoms with E-state index in [1.165, 1.54) is 23.2 Å². The molecule has 39 heavy (non-hydrogen) atoms. The first kappa shape index (κ1) is 28.3. The second-order valence-electron chi connectivity index (χ2n) is 8.05. The van der Waals surface area contributed by atoms with Crippen molar-refractivity contribution in [1.82, 2.24) is 24.9 Å². The minimum atomic E-state index is -5.22. The molecule has 1 aromatic carbocycles. The summed E-state index contributed by atoms with van der Waals surface area (Å²) in [7, 11) is -3.44. The van der Waals surface area contributed by atoms with Crippen LogP contribution in [0.3, 0.4) is 0 Å². The number of benzene rings is 1. The van der Waals surface area contributed by atoms with Crippen molar-refractivity contribution in [2.75, 3.05) is 29.9 Å². The van der Waals surface area contributed by atoms with Gasteiger partial charge in [-0.05, 0) is 24.3 Å². The standard InChI is InChI=1S/C21H17Cl2F3N8O4S/c22-12-2-1-3-13(23)16(12)34-30-15(17(27)35)18(31-34)29-11-4-5-14(28-10-11)19(36)33-6-8-39(38,9-7-33)32-20(37)21(24,25)26/h1-5,10H,6-9H2,(H2,27,35)(H,29,31). The van der Waals surface area contributed by atoms with Crippen molar-refractivity contribution < 1.29 is 31.8 Å². The third-order valence-corrected chi connectivity index (χ3v) is 8.12. The van der Waals surface area contributed by atoms with Gasteiger partial charge in [0.25, 0.3) is 11.8 Å². The van der Waals surface area contributed by atoms with Gasteiger partial charge in [0.1, 0.15) is 11.4 Å². The van der Waals surface area contributed by atoms with Gasteiger partial charge in [0.15, 0.2) is 11.5 Å². The Balaban J connectivity index is 1.47. The van der Waals surface area contributed by atoms with E-state index in [1.807, 2.05) is 0 Å². The zero-order valence-corrected chi connectivity index (χ0v) is 21.8. The summed E-state index contributed by atoms with van der Waals surface area (Å²) in [6.45, 7) is -0.354. The first-order chi connectivity index (χ1) is 18.3. The summed E-state index contributed by atoms with van der Waals surface area (Å²) in [5.41, 5.74) is 5.70. The first-order valence-electron chi connectivity index (χ1n) is 10.8. The van der Waals surface area contributed by atoms with Gasteiger partial charge in [0, 0.05) is 24.6 Å². The number of carbonyl (C=O) groups excluding carboxylic acids is 3. The summed E-state index contributed by atoms with van der Waals surface area (Å²) >= 11 is 12.4. The lowest BCUT2D eigenvalue weighted by Gasteiger charge is -2.28. The predicted octanol–water partition coefficient (Wildman–Crippen LogP) is 2.82. The van der Waals surface area contributed by atoms with E-state index in [2.05, 4.69) is 24.9 Å². The van der Waals surface area contributed by atoms with Crippen molar-refractivity contribution in [3.63, 3.8) is 0 Å². The van der Waals surface area contributed by atoms with Gasteiger partial charge in [0.2, 0.25) is 0 Å². The molecule has 0 radical (unpaired) electrons. The number of primary amides is 1. The molecule has 0 atom stereocenters. The number of carbonyl (C=O) groups is 3. The largest absolute Gasteiger partial charge is 0.474 e.